The highest BCUT2D eigenvalue weighted by Gasteiger charge is 2.31. The Hall–Kier alpha value is -0.960. The summed E-state index contributed by atoms with van der Waals surface area (Å²) >= 11 is 1.75. The Morgan fingerprint density at radius 2 is 1.84 bits per heavy atom. The van der Waals surface area contributed by atoms with E-state index in [1.54, 1.807) is 11.8 Å². The molecule has 0 saturated heterocycles. The molecule has 1 unspecified atom stereocenters. The van der Waals surface area contributed by atoms with Gasteiger partial charge in [-0.2, -0.15) is 0 Å². The third-order valence-electron chi connectivity index (χ3n) is 4.08. The molecule has 3 rings (SSSR count). The molecular weight excluding hydrogens is 256 g/mol. The molecule has 0 aromatic heterocycles. The van der Waals surface area contributed by atoms with Gasteiger partial charge >= 0.3 is 0 Å². The summed E-state index contributed by atoms with van der Waals surface area (Å²) in [4.78, 5) is 13.7. The summed E-state index contributed by atoms with van der Waals surface area (Å²) in [7, 11) is 0. The second-order valence-corrected chi connectivity index (χ2v) is 6.52. The molecule has 102 valence electrons. The highest BCUT2D eigenvalue weighted by Crippen LogP contribution is 2.36. The molecule has 0 radical (unpaired) electrons. The number of benzene rings is 1. The number of ether oxygens (including phenoxy) is 1. The molecule has 1 fully saturated rings. The van der Waals surface area contributed by atoms with Gasteiger partial charge in [0.1, 0.15) is 5.75 Å². The molecule has 19 heavy (non-hydrogen) atoms. The standard InChI is InChI=1S/C16H20O2S/c17-16(12-7-3-1-2-4-8-12)14-11-19-15-10-6-5-9-13(15)18-14/h5-6,9-10,12,14H,1-4,7-8,11H2. The molecule has 0 bridgehead atoms. The van der Waals surface area contributed by atoms with Gasteiger partial charge in [0.2, 0.25) is 0 Å². The second kappa shape index (κ2) is 6.00. The number of carbonyl (C=O) groups excluding carboxylic acids is 1. The molecule has 1 aliphatic carbocycles. The molecule has 3 heteroatoms. The van der Waals surface area contributed by atoms with E-state index in [4.69, 9.17) is 4.74 Å². The molecule has 1 saturated carbocycles. The molecule has 0 spiro atoms. The van der Waals surface area contributed by atoms with Crippen molar-refractivity contribution in [2.24, 2.45) is 5.92 Å². The van der Waals surface area contributed by atoms with E-state index >= 15 is 0 Å². The van der Waals surface area contributed by atoms with Gasteiger partial charge in [0.25, 0.3) is 0 Å². The fourth-order valence-corrected chi connectivity index (χ4v) is 3.98. The summed E-state index contributed by atoms with van der Waals surface area (Å²) in [6.45, 7) is 0. The van der Waals surface area contributed by atoms with Crippen LogP contribution in [0.4, 0.5) is 0 Å². The van der Waals surface area contributed by atoms with Gasteiger partial charge in [0.15, 0.2) is 11.9 Å². The molecule has 0 amide bonds. The van der Waals surface area contributed by atoms with Crippen LogP contribution in [-0.4, -0.2) is 17.6 Å². The van der Waals surface area contributed by atoms with E-state index < -0.39 is 0 Å². The molecule has 1 aliphatic heterocycles. The predicted molar refractivity (Wildman–Crippen MR) is 77.8 cm³/mol. The number of hydrogen-bond donors (Lipinski definition) is 0. The molecule has 1 atom stereocenters. The molecule has 1 aromatic rings. The van der Waals surface area contributed by atoms with Crippen molar-refractivity contribution in [3.8, 4) is 5.75 Å². The van der Waals surface area contributed by atoms with Crippen molar-refractivity contribution >= 4 is 17.5 Å². The fraction of sp³-hybridized carbons (Fsp3) is 0.562. The minimum atomic E-state index is -0.233. The van der Waals surface area contributed by atoms with E-state index in [-0.39, 0.29) is 12.0 Å². The molecule has 1 heterocycles. The lowest BCUT2D eigenvalue weighted by Crippen LogP contribution is -2.36. The normalized spacial score (nSPS) is 24.1. The lowest BCUT2D eigenvalue weighted by Gasteiger charge is -2.27. The number of Topliss-reactive ketones (excluding diaryl/α,β-unsaturated/α-hetero) is 1. The Morgan fingerprint density at radius 1 is 1.11 bits per heavy atom. The van der Waals surface area contributed by atoms with Crippen LogP contribution in [0, 0.1) is 5.92 Å². The van der Waals surface area contributed by atoms with Crippen molar-refractivity contribution in [2.75, 3.05) is 5.75 Å². The van der Waals surface area contributed by atoms with Crippen molar-refractivity contribution in [3.63, 3.8) is 0 Å². The van der Waals surface area contributed by atoms with Crippen molar-refractivity contribution in [2.45, 2.75) is 49.5 Å². The zero-order chi connectivity index (χ0) is 13.1. The molecule has 2 nitrogen and oxygen atoms in total. The number of para-hydroxylation sites is 1. The summed E-state index contributed by atoms with van der Waals surface area (Å²) in [5.41, 5.74) is 0. The molecule has 1 aromatic carbocycles. The number of rotatable bonds is 2. The summed E-state index contributed by atoms with van der Waals surface area (Å²) in [6.07, 6.45) is 6.86. The Labute approximate surface area is 118 Å². The average Bonchev–Trinajstić information content (AvgIpc) is 2.75. The van der Waals surface area contributed by atoms with Crippen LogP contribution in [0.3, 0.4) is 0 Å². The topological polar surface area (TPSA) is 26.3 Å². The van der Waals surface area contributed by atoms with Gasteiger partial charge in [0.05, 0.1) is 0 Å². The van der Waals surface area contributed by atoms with Crippen LogP contribution < -0.4 is 4.74 Å². The van der Waals surface area contributed by atoms with Gasteiger partial charge in [-0.1, -0.05) is 37.8 Å². The second-order valence-electron chi connectivity index (χ2n) is 5.46. The number of carbonyl (C=O) groups is 1. The minimum absolute atomic E-state index is 0.233. The Bertz CT molecular complexity index is 450. The molecule has 0 N–H and O–H groups in total. The highest BCUT2D eigenvalue weighted by molar-refractivity contribution is 7.99. The molecule has 2 aliphatic rings. The maximum atomic E-state index is 12.6. The first kappa shape index (κ1) is 13.0. The monoisotopic (exact) mass is 276 g/mol. The Kier molecular flexibility index (Phi) is 4.12. The average molecular weight is 276 g/mol. The van der Waals surface area contributed by atoms with Crippen LogP contribution in [-0.2, 0) is 4.79 Å². The van der Waals surface area contributed by atoms with E-state index in [2.05, 4.69) is 6.07 Å². The lowest BCUT2D eigenvalue weighted by molar-refractivity contribution is -0.129. The van der Waals surface area contributed by atoms with Gasteiger partial charge < -0.3 is 4.74 Å². The van der Waals surface area contributed by atoms with Crippen LogP contribution in [0.5, 0.6) is 5.75 Å². The zero-order valence-electron chi connectivity index (χ0n) is 11.1. The lowest BCUT2D eigenvalue weighted by atomic mass is 9.92. The van der Waals surface area contributed by atoms with Crippen LogP contribution >= 0.6 is 11.8 Å². The van der Waals surface area contributed by atoms with Crippen molar-refractivity contribution < 1.29 is 9.53 Å². The van der Waals surface area contributed by atoms with E-state index in [1.807, 2.05) is 18.2 Å². The largest absolute Gasteiger partial charge is 0.481 e. The Balaban J connectivity index is 1.68. The quantitative estimate of drug-likeness (QED) is 0.761. The van der Waals surface area contributed by atoms with Crippen LogP contribution in [0.1, 0.15) is 38.5 Å². The van der Waals surface area contributed by atoms with Crippen molar-refractivity contribution in [1.82, 2.24) is 0 Å². The summed E-state index contributed by atoms with van der Waals surface area (Å²) in [5.74, 6) is 2.22. The third kappa shape index (κ3) is 2.97. The summed E-state index contributed by atoms with van der Waals surface area (Å²) in [5, 5.41) is 0. The minimum Gasteiger partial charge on any atom is -0.481 e. The third-order valence-corrected chi connectivity index (χ3v) is 5.20. The molecular formula is C16H20O2S. The maximum absolute atomic E-state index is 12.6. The van der Waals surface area contributed by atoms with Crippen molar-refractivity contribution in [1.29, 1.82) is 0 Å². The number of hydrogen-bond acceptors (Lipinski definition) is 3. The van der Waals surface area contributed by atoms with Crippen LogP contribution in [0.25, 0.3) is 0 Å². The number of fused-ring (bicyclic) bond motifs is 1. The smallest absolute Gasteiger partial charge is 0.177 e. The van der Waals surface area contributed by atoms with Crippen LogP contribution in [0.2, 0.25) is 0 Å². The van der Waals surface area contributed by atoms with E-state index in [9.17, 15) is 4.79 Å². The van der Waals surface area contributed by atoms with Gasteiger partial charge in [0, 0.05) is 16.6 Å². The number of thioether (sulfide) groups is 1. The van der Waals surface area contributed by atoms with Gasteiger partial charge in [-0.3, -0.25) is 4.79 Å². The fourth-order valence-electron chi connectivity index (χ4n) is 2.99. The maximum Gasteiger partial charge on any atom is 0.177 e. The summed E-state index contributed by atoms with van der Waals surface area (Å²) in [6, 6.07) is 8.02. The predicted octanol–water partition coefficient (Wildman–Crippen LogP) is 4.08. The van der Waals surface area contributed by atoms with Crippen molar-refractivity contribution in [3.05, 3.63) is 24.3 Å². The SMILES string of the molecule is O=C(C1CCCCCC1)C1CSc2ccccc2O1. The van der Waals surface area contributed by atoms with E-state index in [0.717, 1.165) is 29.2 Å². The number of ketones is 1. The first-order valence-corrected chi connectivity index (χ1v) is 8.25. The zero-order valence-corrected chi connectivity index (χ0v) is 12.0. The first-order chi connectivity index (χ1) is 9.34. The highest BCUT2D eigenvalue weighted by atomic mass is 32.2. The Morgan fingerprint density at radius 3 is 2.63 bits per heavy atom. The van der Waals surface area contributed by atoms with E-state index in [1.165, 1.54) is 25.7 Å². The van der Waals surface area contributed by atoms with Crippen LogP contribution in [0.15, 0.2) is 29.2 Å². The van der Waals surface area contributed by atoms with Gasteiger partial charge in [-0.25, -0.2) is 0 Å². The summed E-state index contributed by atoms with van der Waals surface area (Å²) < 4.78 is 5.92. The van der Waals surface area contributed by atoms with Gasteiger partial charge in [-0.05, 0) is 25.0 Å². The van der Waals surface area contributed by atoms with Gasteiger partial charge in [-0.15, -0.1) is 11.8 Å². The first-order valence-electron chi connectivity index (χ1n) is 7.27. The van der Waals surface area contributed by atoms with E-state index in [0.29, 0.717) is 5.78 Å².